The molecule has 2 saturated heterocycles. The molecule has 7 heteroatoms. The van der Waals surface area contributed by atoms with Gasteiger partial charge in [0.1, 0.15) is 6.04 Å². The van der Waals surface area contributed by atoms with Gasteiger partial charge in [-0.15, -0.1) is 0 Å². The van der Waals surface area contributed by atoms with Crippen LogP contribution in [-0.4, -0.2) is 67.2 Å². The third-order valence-electron chi connectivity index (χ3n) is 3.57. The molecular weight excluding hydrogens is 258 g/mol. The van der Waals surface area contributed by atoms with Gasteiger partial charge >= 0.3 is 5.97 Å². The Balaban J connectivity index is 2.10. The molecule has 0 aliphatic carbocycles. The summed E-state index contributed by atoms with van der Waals surface area (Å²) in [6.07, 6.45) is 0.597. The van der Waals surface area contributed by atoms with Gasteiger partial charge < -0.3 is 9.84 Å². The van der Waals surface area contributed by atoms with Crippen LogP contribution in [0, 0.1) is 0 Å². The molecule has 0 saturated carbocycles. The molecule has 2 aliphatic heterocycles. The molecule has 104 valence electrons. The Bertz CT molecular complexity index is 421. The van der Waals surface area contributed by atoms with E-state index in [1.54, 1.807) is 11.8 Å². The van der Waals surface area contributed by atoms with Crippen LogP contribution in [0.25, 0.3) is 0 Å². The molecule has 0 amide bonds. The third-order valence-corrected chi connectivity index (χ3v) is 5.27. The van der Waals surface area contributed by atoms with Gasteiger partial charge in [-0.3, -0.25) is 9.69 Å². The fourth-order valence-electron chi connectivity index (χ4n) is 2.80. The largest absolute Gasteiger partial charge is 0.465 e. The average Bonchev–Trinajstić information content (AvgIpc) is 2.82. The van der Waals surface area contributed by atoms with E-state index in [1.165, 1.54) is 0 Å². The number of esters is 1. The first-order chi connectivity index (χ1) is 8.44. The lowest BCUT2D eigenvalue weighted by Gasteiger charge is -2.30. The molecule has 0 aromatic carbocycles. The smallest absolute Gasteiger partial charge is 0.323 e. The summed E-state index contributed by atoms with van der Waals surface area (Å²) in [5.74, 6) is -0.583. The summed E-state index contributed by atoms with van der Waals surface area (Å²) in [6.45, 7) is 2.70. The lowest BCUT2D eigenvalue weighted by atomic mass is 10.1. The number of hydrogen-bond acceptors (Lipinski definition) is 6. The van der Waals surface area contributed by atoms with E-state index in [4.69, 9.17) is 4.74 Å². The summed E-state index contributed by atoms with van der Waals surface area (Å²) in [5.41, 5.74) is 0. The number of sulfone groups is 1. The number of nitrogens with zero attached hydrogens (tertiary/aromatic N) is 1. The molecule has 0 aromatic heterocycles. The van der Waals surface area contributed by atoms with E-state index < -0.39 is 28.0 Å². The van der Waals surface area contributed by atoms with Gasteiger partial charge in [-0.2, -0.15) is 0 Å². The first kappa shape index (κ1) is 13.8. The quantitative estimate of drug-likeness (QED) is 0.678. The van der Waals surface area contributed by atoms with Crippen molar-refractivity contribution in [1.29, 1.82) is 0 Å². The van der Waals surface area contributed by atoms with E-state index in [0.29, 0.717) is 19.6 Å². The molecule has 3 unspecified atom stereocenters. The van der Waals surface area contributed by atoms with Crippen molar-refractivity contribution in [3.05, 3.63) is 0 Å². The lowest BCUT2D eigenvalue weighted by Crippen LogP contribution is -2.49. The molecule has 0 aromatic rings. The van der Waals surface area contributed by atoms with Gasteiger partial charge in [-0.1, -0.05) is 0 Å². The number of likely N-dealkylation sites (tertiary alicyclic amines) is 1. The second kappa shape index (κ2) is 5.14. The van der Waals surface area contributed by atoms with Crippen LogP contribution < -0.4 is 0 Å². The van der Waals surface area contributed by atoms with Crippen LogP contribution in [0.5, 0.6) is 0 Å². The lowest BCUT2D eigenvalue weighted by molar-refractivity contribution is -0.149. The molecule has 2 aliphatic rings. The highest BCUT2D eigenvalue weighted by Gasteiger charge is 2.45. The summed E-state index contributed by atoms with van der Waals surface area (Å²) in [7, 11) is -3.19. The van der Waals surface area contributed by atoms with E-state index in [1.807, 2.05) is 0 Å². The molecule has 6 nitrogen and oxygen atoms in total. The molecule has 2 heterocycles. The molecule has 18 heavy (non-hydrogen) atoms. The Hall–Kier alpha value is -0.660. The minimum Gasteiger partial charge on any atom is -0.465 e. The molecule has 0 bridgehead atoms. The van der Waals surface area contributed by atoms with Gasteiger partial charge in [0.2, 0.25) is 0 Å². The number of hydrogen-bond donors (Lipinski definition) is 1. The van der Waals surface area contributed by atoms with Gasteiger partial charge in [0.05, 0.1) is 30.3 Å². The summed E-state index contributed by atoms with van der Waals surface area (Å²) in [4.78, 5) is 13.6. The number of ether oxygens (including phenoxy) is 1. The SMILES string of the molecule is CCOC(=O)C1CCCN1C1CS(=O)(=O)CC1O. The molecule has 0 radical (unpaired) electrons. The van der Waals surface area contributed by atoms with E-state index >= 15 is 0 Å². The van der Waals surface area contributed by atoms with E-state index in [0.717, 1.165) is 6.42 Å². The normalized spacial score (nSPS) is 35.8. The molecular formula is C11H19NO5S. The van der Waals surface area contributed by atoms with Crippen LogP contribution in [0.2, 0.25) is 0 Å². The number of carbonyl (C=O) groups is 1. The Morgan fingerprint density at radius 2 is 2.17 bits per heavy atom. The topological polar surface area (TPSA) is 83.9 Å². The third kappa shape index (κ3) is 2.67. The van der Waals surface area contributed by atoms with Crippen LogP contribution in [-0.2, 0) is 19.4 Å². The first-order valence-corrected chi connectivity index (χ1v) is 8.07. The number of carbonyl (C=O) groups excluding carboxylic acids is 1. The maximum atomic E-state index is 11.8. The van der Waals surface area contributed by atoms with Crippen LogP contribution >= 0.6 is 0 Å². The van der Waals surface area contributed by atoms with Crippen molar-refractivity contribution in [1.82, 2.24) is 4.90 Å². The number of aliphatic hydroxyl groups excluding tert-OH is 1. The van der Waals surface area contributed by atoms with Gasteiger partial charge in [-0.25, -0.2) is 8.42 Å². The summed E-state index contributed by atoms with van der Waals surface area (Å²) < 4.78 is 28.0. The van der Waals surface area contributed by atoms with Crippen LogP contribution in [0.1, 0.15) is 19.8 Å². The van der Waals surface area contributed by atoms with Gasteiger partial charge in [0.15, 0.2) is 9.84 Å². The van der Waals surface area contributed by atoms with Gasteiger partial charge in [-0.05, 0) is 26.3 Å². The maximum Gasteiger partial charge on any atom is 0.323 e. The van der Waals surface area contributed by atoms with Gasteiger partial charge in [0, 0.05) is 0 Å². The van der Waals surface area contributed by atoms with Crippen LogP contribution in [0.4, 0.5) is 0 Å². The number of aliphatic hydroxyl groups is 1. The van der Waals surface area contributed by atoms with Crippen LogP contribution in [0.3, 0.4) is 0 Å². The van der Waals surface area contributed by atoms with Gasteiger partial charge in [0.25, 0.3) is 0 Å². The fraction of sp³-hybridized carbons (Fsp3) is 0.909. The predicted octanol–water partition coefficient (Wildman–Crippen LogP) is -0.828. The van der Waals surface area contributed by atoms with Crippen LogP contribution in [0.15, 0.2) is 0 Å². The second-order valence-electron chi connectivity index (χ2n) is 4.86. The predicted molar refractivity (Wildman–Crippen MR) is 64.8 cm³/mol. The summed E-state index contributed by atoms with van der Waals surface area (Å²) >= 11 is 0. The molecule has 2 fully saturated rings. The Kier molecular flexibility index (Phi) is 3.93. The van der Waals surface area contributed by atoms with Crippen molar-refractivity contribution in [3.8, 4) is 0 Å². The zero-order valence-corrected chi connectivity index (χ0v) is 11.2. The van der Waals surface area contributed by atoms with Crippen molar-refractivity contribution in [2.75, 3.05) is 24.7 Å². The van der Waals surface area contributed by atoms with Crippen molar-refractivity contribution in [2.45, 2.75) is 38.0 Å². The zero-order valence-electron chi connectivity index (χ0n) is 10.4. The molecule has 0 spiro atoms. The molecule has 1 N–H and O–H groups in total. The highest BCUT2D eigenvalue weighted by atomic mass is 32.2. The fourth-order valence-corrected chi connectivity index (χ4v) is 4.62. The van der Waals surface area contributed by atoms with E-state index in [9.17, 15) is 18.3 Å². The minimum atomic E-state index is -3.19. The molecule has 3 atom stereocenters. The monoisotopic (exact) mass is 277 g/mol. The summed E-state index contributed by atoms with van der Waals surface area (Å²) in [5, 5.41) is 9.84. The Morgan fingerprint density at radius 3 is 2.72 bits per heavy atom. The Labute approximate surface area is 107 Å². The zero-order chi connectivity index (χ0) is 13.3. The maximum absolute atomic E-state index is 11.8. The van der Waals surface area contributed by atoms with Crippen molar-refractivity contribution in [2.24, 2.45) is 0 Å². The minimum absolute atomic E-state index is 0.0654. The van der Waals surface area contributed by atoms with Crippen molar-refractivity contribution < 1.29 is 23.1 Å². The average molecular weight is 277 g/mol. The summed E-state index contributed by atoms with van der Waals surface area (Å²) in [6, 6.07) is -0.871. The number of rotatable bonds is 3. The second-order valence-corrected chi connectivity index (χ2v) is 7.01. The standard InChI is InChI=1S/C11H19NO5S/c1-2-17-11(14)8-4-3-5-12(8)9-6-18(15,16)7-10(9)13/h8-10,13H,2-7H2,1H3. The molecule has 2 rings (SSSR count). The Morgan fingerprint density at radius 1 is 1.44 bits per heavy atom. The van der Waals surface area contributed by atoms with Crippen molar-refractivity contribution >= 4 is 15.8 Å². The highest BCUT2D eigenvalue weighted by Crippen LogP contribution is 2.27. The first-order valence-electron chi connectivity index (χ1n) is 6.25. The van der Waals surface area contributed by atoms with E-state index in [-0.39, 0.29) is 17.5 Å². The highest BCUT2D eigenvalue weighted by molar-refractivity contribution is 7.91. The van der Waals surface area contributed by atoms with E-state index in [2.05, 4.69) is 0 Å². The van der Waals surface area contributed by atoms with Crippen molar-refractivity contribution in [3.63, 3.8) is 0 Å².